The van der Waals surface area contributed by atoms with E-state index in [9.17, 15) is 56.1 Å². The van der Waals surface area contributed by atoms with Crippen LogP contribution in [0.3, 0.4) is 0 Å². The number of carbonyl (C=O) groups is 5. The molecule has 30 nitrogen and oxygen atoms in total. The first-order valence-electron chi connectivity index (χ1n) is 43.0. The van der Waals surface area contributed by atoms with Crippen molar-refractivity contribution in [1.29, 1.82) is 0 Å². The third kappa shape index (κ3) is 35.4. The van der Waals surface area contributed by atoms with E-state index in [0.29, 0.717) is 149 Å². The SMILES string of the molecule is C.CC(C)(C)Oc1nc(N2CCN(C(=O)OCc3ccccc3)CC2)c2cc(Cl)c(Br)c(OC(C)(C)C)c2n1.CC(C)(C)[O-].Fc1c(Br)c(Cl)cc2c(Cl)nc(Cl)nc12.O=C(OCc1ccccc1)N1CCN(c2nc(=O)[nH]c3c(O)c(Br)c(Cl)cc23)CC1.O=C(OCc1ccccc1)N1CCN(c2nc(Cl)nc3c(F)c(Br)c(Cl)cc23)CC1.O=C(OCc1ccccc1)N1CCNCC1.O=CC(F)(F)F.[Na+]. The number of hydrogen-bond donors (Lipinski definition) is 3. The Labute approximate surface area is 907 Å². The van der Waals surface area contributed by atoms with Crippen molar-refractivity contribution in [3.05, 3.63) is 244 Å². The fourth-order valence-electron chi connectivity index (χ4n) is 13.4. The largest absolute Gasteiger partial charge is 1.00 e. The summed E-state index contributed by atoms with van der Waals surface area (Å²) in [5.74, 6) is 0.757. The normalized spacial score (nSPS) is 13.7. The monoisotopic (exact) mass is 2370 g/mol. The Bertz CT molecular complexity index is 6380. The van der Waals surface area contributed by atoms with Gasteiger partial charge >= 0.3 is 71.8 Å². The summed E-state index contributed by atoms with van der Waals surface area (Å²) < 4.78 is 94.6. The number of aromatic hydroxyl groups is 1. The zero-order valence-corrected chi connectivity index (χ0v) is 91.3. The minimum Gasteiger partial charge on any atom is -0.850 e. The van der Waals surface area contributed by atoms with Crippen LogP contribution >= 0.6 is 145 Å². The van der Waals surface area contributed by atoms with E-state index in [1.807, 2.05) is 179 Å². The Morgan fingerprint density at radius 1 is 0.437 bits per heavy atom. The third-order valence-electron chi connectivity index (χ3n) is 19.9. The number of nitrogens with zero attached hydrogens (tertiary/aromatic N) is 14. The van der Waals surface area contributed by atoms with E-state index in [1.165, 1.54) is 6.07 Å². The van der Waals surface area contributed by atoms with Gasteiger partial charge in [0.1, 0.15) is 76.8 Å². The van der Waals surface area contributed by atoms with Gasteiger partial charge in [0, 0.05) is 126 Å². The summed E-state index contributed by atoms with van der Waals surface area (Å²) in [7, 11) is 0. The topological polar surface area (TPSA) is 342 Å². The maximum absolute atomic E-state index is 14.6. The molecule has 47 heteroatoms. The first-order chi connectivity index (χ1) is 66.1. The number of aldehydes is 1. The molecule has 4 amide bonds. The average Bonchev–Trinajstić information content (AvgIpc) is 0.781. The number of piperazine rings is 4. The fraction of sp³-hybridized carbons (Fsp3) is 0.358. The summed E-state index contributed by atoms with van der Waals surface area (Å²) in [6, 6.07) is 45.2. The third-order valence-corrected chi connectivity index (χ3v) is 25.7. The summed E-state index contributed by atoms with van der Waals surface area (Å²) >= 11 is 55.0. The van der Waals surface area contributed by atoms with Crippen LogP contribution in [0, 0.1) is 11.6 Å². The van der Waals surface area contributed by atoms with Crippen molar-refractivity contribution in [3.63, 3.8) is 0 Å². The van der Waals surface area contributed by atoms with Crippen molar-refractivity contribution in [2.75, 3.05) is 119 Å². The van der Waals surface area contributed by atoms with Gasteiger partial charge in [-0.3, -0.25) is 4.79 Å². The second-order valence-electron chi connectivity index (χ2n) is 33.9. The van der Waals surface area contributed by atoms with Crippen LogP contribution in [0.15, 0.2) is 168 Å². The number of anilines is 3. The number of carbonyl (C=O) groups excluding carboxylic acids is 5. The van der Waals surface area contributed by atoms with Gasteiger partial charge < -0.3 is 83.2 Å². The fourth-order valence-corrected chi connectivity index (χ4v) is 16.1. The number of H-pyrrole nitrogens is 1. The maximum Gasteiger partial charge on any atom is 1.00 e. The van der Waals surface area contributed by atoms with Crippen molar-refractivity contribution in [1.82, 2.24) is 64.8 Å². The molecule has 0 radical (unpaired) electrons. The van der Waals surface area contributed by atoms with E-state index in [0.717, 1.165) is 53.8 Å². The van der Waals surface area contributed by atoms with Crippen LogP contribution in [-0.2, 0) is 50.2 Å². The molecule has 3 N–H and O–H groups in total. The first-order valence-corrected chi connectivity index (χ1v) is 48.8. The van der Waals surface area contributed by atoms with Crippen LogP contribution in [-0.4, -0.2) is 223 Å². The van der Waals surface area contributed by atoms with Crippen LogP contribution in [0.1, 0.15) is 92.0 Å². The molecular weight excluding hydrogens is 2270 g/mol. The van der Waals surface area contributed by atoms with Gasteiger partial charge in [-0.15, -0.1) is 5.60 Å². The van der Waals surface area contributed by atoms with E-state index in [2.05, 4.69) is 104 Å². The van der Waals surface area contributed by atoms with Gasteiger partial charge in [-0.2, -0.15) is 33.1 Å². The Morgan fingerprint density at radius 2 is 0.746 bits per heavy atom. The number of ether oxygens (including phenoxy) is 6. The quantitative estimate of drug-likeness (QED) is 0.0184. The van der Waals surface area contributed by atoms with Crippen LogP contribution in [0.5, 0.6) is 17.5 Å². The second kappa shape index (κ2) is 54.4. The zero-order valence-electron chi connectivity index (χ0n) is 77.6. The number of rotatable bonds is 13. The predicted octanol–water partition coefficient (Wildman–Crippen LogP) is 19.9. The number of halogens is 16. The molecule has 0 saturated carbocycles. The Balaban J connectivity index is 0.000000217. The molecule has 0 aliphatic carbocycles. The minimum atomic E-state index is -4.64. The molecule has 0 spiro atoms. The number of phenolic OH excluding ortho intramolecular Hbond substituents is 1. The molecular formula is C95H99Br4Cl7F5N16NaO14. The Morgan fingerprint density at radius 3 is 1.11 bits per heavy atom. The van der Waals surface area contributed by atoms with Crippen LogP contribution in [0.4, 0.5) is 58.6 Å². The van der Waals surface area contributed by atoms with Gasteiger partial charge in [-0.1, -0.05) is 208 Å². The number of amides is 4. The summed E-state index contributed by atoms with van der Waals surface area (Å²) in [5.41, 5.74) is 2.50. The molecule has 0 bridgehead atoms. The predicted molar refractivity (Wildman–Crippen MR) is 550 cm³/mol. The van der Waals surface area contributed by atoms with Gasteiger partial charge in [-0.05, 0) is 175 Å². The summed E-state index contributed by atoms with van der Waals surface area (Å²) in [5, 5.41) is 26.8. The van der Waals surface area contributed by atoms with Crippen LogP contribution in [0.2, 0.25) is 35.8 Å². The van der Waals surface area contributed by atoms with Crippen molar-refractivity contribution < 1.29 is 114 Å². The van der Waals surface area contributed by atoms with E-state index in [4.69, 9.17) is 124 Å². The molecule has 12 aromatic rings. The van der Waals surface area contributed by atoms with Gasteiger partial charge in [-0.25, -0.2) is 47.7 Å². The number of hydrogen-bond acceptors (Lipinski definition) is 25. The number of nitrogens with one attached hydrogen (secondary N) is 2. The van der Waals surface area contributed by atoms with Crippen molar-refractivity contribution in [2.24, 2.45) is 0 Å². The summed E-state index contributed by atoms with van der Waals surface area (Å²) in [6.45, 7) is 26.5. The van der Waals surface area contributed by atoms with Crippen LogP contribution in [0.25, 0.3) is 43.6 Å². The average molecular weight is 2370 g/mol. The summed E-state index contributed by atoms with van der Waals surface area (Å²) in [6.07, 6.45) is -7.00. The number of aromatic nitrogens is 8. The molecule has 142 heavy (non-hydrogen) atoms. The zero-order chi connectivity index (χ0) is 102. The molecule has 756 valence electrons. The molecule has 16 rings (SSSR count). The molecule has 4 saturated heterocycles. The van der Waals surface area contributed by atoms with E-state index in [1.54, 1.807) is 52.5 Å². The number of alkyl halides is 3. The second-order valence-corrected chi connectivity index (χ2v) is 39.8. The Kier molecular flexibility index (Phi) is 45.3. The molecule has 8 heterocycles. The smallest absolute Gasteiger partial charge is 0.850 e. The molecule has 4 aliphatic rings. The number of benzene rings is 8. The maximum atomic E-state index is 14.6. The van der Waals surface area contributed by atoms with Gasteiger partial charge in [0.05, 0.1) is 43.5 Å². The first kappa shape index (κ1) is 118. The van der Waals surface area contributed by atoms with Crippen LogP contribution < -0.4 is 69.8 Å². The molecule has 4 aromatic heterocycles. The van der Waals surface area contributed by atoms with Crippen molar-refractivity contribution in [2.45, 2.75) is 119 Å². The van der Waals surface area contributed by atoms with Gasteiger partial charge in [0.2, 0.25) is 16.9 Å². The van der Waals surface area contributed by atoms with Gasteiger partial charge in [0.25, 0.3) is 0 Å². The molecule has 0 unspecified atom stereocenters. The standard InChI is InChI=1S/C28H34BrClN4O4.C20H16BrCl2FN4O2.C20H18BrClN4O4.C12H16N2O2.C8HBrCl3FN2.C4H9O.C2HF3O.CH4.Na/c1-27(2,3)37-23-21(29)20(30)16-19-22(23)31-25(38-28(4,5)6)32-24(19)33-12-14-34(15-13-33)26(35)36-17-18-10-8-7-9-11-18;21-15-14(22)10-13-17(16(15)24)25-19(23)26-18(13)27-6-8-28(9-7-27)20(29)30-11-12-4-2-1-3-5-12;21-15-14(22)10-13-16(17(15)27)23-19(28)24-18(13)25-6-8-26(9-7-25)20(29)30-11-12-4-2-1-3-5-12;15-12(14-8-6-13-7-9-14)16-10-11-4-2-1-3-5-11;9-4-3(10)1-2-6(5(4)13)14-8(12)15-7(2)11;1-4(2,3)5;3-2(4,5)1-6;;/h7-11,16H,12-15,17H2,1-6H3;1-5,10H,6-9,11H2;1-5,10,27H,6-9,11H2,(H,23,24,28);1-5,13H,6-10H2;1H;1-3H3;1H;1H4;/q;;;;;-1;;;+1. The van der Waals surface area contributed by atoms with E-state index < -0.39 is 46.6 Å². The Hall–Kier alpha value is -9.01. The summed E-state index contributed by atoms with van der Waals surface area (Å²) in [4.78, 5) is 114. The van der Waals surface area contributed by atoms with E-state index in [-0.39, 0.29) is 144 Å². The molecule has 4 fully saturated rings. The molecule has 8 aromatic carbocycles. The number of phenols is 1. The van der Waals surface area contributed by atoms with Crippen molar-refractivity contribution >= 4 is 237 Å². The molecule has 0 atom stereocenters. The number of aromatic amines is 1. The number of fused-ring (bicyclic) bond motifs is 4. The van der Waals surface area contributed by atoms with Gasteiger partial charge in [0.15, 0.2) is 23.1 Å². The molecule has 4 aliphatic heterocycles. The van der Waals surface area contributed by atoms with E-state index >= 15 is 0 Å². The minimum absolute atomic E-state index is 0. The van der Waals surface area contributed by atoms with Crippen molar-refractivity contribution in [3.8, 4) is 17.5 Å².